The number of pyridine rings is 1. The number of hydrogen-bond donors (Lipinski definition) is 2. The highest BCUT2D eigenvalue weighted by molar-refractivity contribution is 5.94. The number of anilines is 1. The maximum Gasteiger partial charge on any atom is 0.264 e. The van der Waals surface area contributed by atoms with E-state index in [2.05, 4.69) is 5.32 Å². The molecule has 2 amide bonds. The molecule has 2 aromatic rings. The Morgan fingerprint density at radius 3 is 2.38 bits per heavy atom. The van der Waals surface area contributed by atoms with E-state index in [4.69, 9.17) is 5.73 Å². The van der Waals surface area contributed by atoms with E-state index in [0.717, 1.165) is 11.1 Å². The van der Waals surface area contributed by atoms with Gasteiger partial charge < -0.3 is 15.6 Å². The Morgan fingerprint density at radius 1 is 1.08 bits per heavy atom. The standard InChI is InChI=1S/C18H21N3O3/c1-10-5-6-11(2)14(7-10)20-15(22)9-21-13(4)8-12(3)16(17(19)23)18(21)24/h5-8H,9H2,1-4H3,(H2,19,23)(H,20,22). The summed E-state index contributed by atoms with van der Waals surface area (Å²) in [4.78, 5) is 36.2. The molecule has 1 heterocycles. The largest absolute Gasteiger partial charge is 0.365 e. The first-order valence-corrected chi connectivity index (χ1v) is 7.58. The highest BCUT2D eigenvalue weighted by Crippen LogP contribution is 2.16. The molecule has 6 nitrogen and oxygen atoms in total. The smallest absolute Gasteiger partial charge is 0.264 e. The van der Waals surface area contributed by atoms with Gasteiger partial charge in [0.1, 0.15) is 12.1 Å². The number of rotatable bonds is 4. The highest BCUT2D eigenvalue weighted by atomic mass is 16.2. The number of primary amides is 1. The molecule has 0 fully saturated rings. The summed E-state index contributed by atoms with van der Waals surface area (Å²) in [6, 6.07) is 7.41. The van der Waals surface area contributed by atoms with Crippen LogP contribution in [0.3, 0.4) is 0 Å². The lowest BCUT2D eigenvalue weighted by molar-refractivity contribution is -0.116. The molecule has 0 bridgehead atoms. The molecular formula is C18H21N3O3. The molecule has 0 radical (unpaired) electrons. The van der Waals surface area contributed by atoms with E-state index in [1.54, 1.807) is 19.9 Å². The molecule has 3 N–H and O–H groups in total. The minimum Gasteiger partial charge on any atom is -0.365 e. The van der Waals surface area contributed by atoms with Crippen LogP contribution in [-0.2, 0) is 11.3 Å². The number of aromatic nitrogens is 1. The van der Waals surface area contributed by atoms with Gasteiger partial charge in [-0.25, -0.2) is 0 Å². The maximum absolute atomic E-state index is 12.4. The average molecular weight is 327 g/mol. The number of carbonyl (C=O) groups excluding carboxylic acids is 2. The number of hydrogen-bond acceptors (Lipinski definition) is 3. The number of amides is 2. The summed E-state index contributed by atoms with van der Waals surface area (Å²) < 4.78 is 1.26. The number of nitrogens with zero attached hydrogens (tertiary/aromatic N) is 1. The van der Waals surface area contributed by atoms with Crippen LogP contribution in [0.15, 0.2) is 29.1 Å². The first-order valence-electron chi connectivity index (χ1n) is 7.58. The molecule has 6 heteroatoms. The Balaban J connectivity index is 2.33. The predicted octanol–water partition coefficient (Wildman–Crippen LogP) is 1.82. The van der Waals surface area contributed by atoms with Crippen molar-refractivity contribution < 1.29 is 9.59 Å². The average Bonchev–Trinajstić information content (AvgIpc) is 2.46. The Hall–Kier alpha value is -2.89. The van der Waals surface area contributed by atoms with E-state index < -0.39 is 11.5 Å². The van der Waals surface area contributed by atoms with Crippen LogP contribution in [0.1, 0.15) is 32.7 Å². The molecule has 24 heavy (non-hydrogen) atoms. The summed E-state index contributed by atoms with van der Waals surface area (Å²) in [7, 11) is 0. The Morgan fingerprint density at radius 2 is 1.75 bits per heavy atom. The Kier molecular flexibility index (Phi) is 4.87. The number of carbonyl (C=O) groups is 2. The first kappa shape index (κ1) is 17.5. The molecule has 0 aliphatic heterocycles. The highest BCUT2D eigenvalue weighted by Gasteiger charge is 2.17. The van der Waals surface area contributed by atoms with Crippen LogP contribution in [-0.4, -0.2) is 16.4 Å². The zero-order valence-electron chi connectivity index (χ0n) is 14.3. The summed E-state index contributed by atoms with van der Waals surface area (Å²) >= 11 is 0. The van der Waals surface area contributed by atoms with Gasteiger partial charge in [-0.05, 0) is 56.5 Å². The maximum atomic E-state index is 12.4. The monoisotopic (exact) mass is 327 g/mol. The minimum atomic E-state index is -0.791. The Labute approximate surface area is 140 Å². The molecular weight excluding hydrogens is 306 g/mol. The number of nitrogens with one attached hydrogen (secondary N) is 1. The van der Waals surface area contributed by atoms with E-state index in [1.807, 2.05) is 32.0 Å². The van der Waals surface area contributed by atoms with Crippen molar-refractivity contribution in [2.75, 3.05) is 5.32 Å². The van der Waals surface area contributed by atoms with Gasteiger partial charge in [0, 0.05) is 11.4 Å². The molecule has 0 aliphatic rings. The van der Waals surface area contributed by atoms with Gasteiger partial charge in [-0.1, -0.05) is 12.1 Å². The molecule has 0 saturated carbocycles. The van der Waals surface area contributed by atoms with Crippen molar-refractivity contribution in [3.05, 3.63) is 62.6 Å². The van der Waals surface area contributed by atoms with E-state index in [0.29, 0.717) is 16.9 Å². The van der Waals surface area contributed by atoms with Gasteiger partial charge in [0.05, 0.1) is 0 Å². The lowest BCUT2D eigenvalue weighted by Crippen LogP contribution is -2.35. The summed E-state index contributed by atoms with van der Waals surface area (Å²) in [6.07, 6.45) is 0. The van der Waals surface area contributed by atoms with Gasteiger partial charge in [0.25, 0.3) is 11.5 Å². The SMILES string of the molecule is Cc1ccc(C)c(NC(=O)Cn2c(C)cc(C)c(C(N)=O)c2=O)c1. The van der Waals surface area contributed by atoms with Gasteiger partial charge in [0.15, 0.2) is 0 Å². The molecule has 1 aromatic heterocycles. The lowest BCUT2D eigenvalue weighted by Gasteiger charge is -2.14. The molecule has 1 aromatic carbocycles. The third-order valence-electron chi connectivity index (χ3n) is 3.92. The van der Waals surface area contributed by atoms with Crippen molar-refractivity contribution in [1.82, 2.24) is 4.57 Å². The fourth-order valence-electron chi connectivity index (χ4n) is 2.63. The van der Waals surface area contributed by atoms with Crippen molar-refractivity contribution in [3.8, 4) is 0 Å². The summed E-state index contributed by atoms with van der Waals surface area (Å²) in [5, 5.41) is 2.80. The molecule has 0 atom stereocenters. The molecule has 2 rings (SSSR count). The molecule has 0 saturated heterocycles. The summed E-state index contributed by atoms with van der Waals surface area (Å²) in [5.41, 5.74) is 8.41. The molecule has 0 spiro atoms. The van der Waals surface area contributed by atoms with Crippen molar-refractivity contribution >= 4 is 17.5 Å². The first-order chi connectivity index (χ1) is 11.2. The van der Waals surface area contributed by atoms with E-state index >= 15 is 0 Å². The normalized spacial score (nSPS) is 10.5. The number of aryl methyl sites for hydroxylation is 4. The zero-order valence-corrected chi connectivity index (χ0v) is 14.3. The number of benzene rings is 1. The van der Waals surface area contributed by atoms with Crippen LogP contribution < -0.4 is 16.6 Å². The second-order valence-electron chi connectivity index (χ2n) is 5.97. The third kappa shape index (κ3) is 3.53. The van der Waals surface area contributed by atoms with Gasteiger partial charge in [-0.2, -0.15) is 0 Å². The van der Waals surface area contributed by atoms with E-state index in [-0.39, 0.29) is 18.0 Å². The van der Waals surface area contributed by atoms with E-state index in [9.17, 15) is 14.4 Å². The van der Waals surface area contributed by atoms with Crippen molar-refractivity contribution in [3.63, 3.8) is 0 Å². The van der Waals surface area contributed by atoms with Gasteiger partial charge in [-0.3, -0.25) is 14.4 Å². The van der Waals surface area contributed by atoms with E-state index in [1.165, 1.54) is 4.57 Å². The van der Waals surface area contributed by atoms with Crippen molar-refractivity contribution in [1.29, 1.82) is 0 Å². The lowest BCUT2D eigenvalue weighted by atomic mass is 10.1. The third-order valence-corrected chi connectivity index (χ3v) is 3.92. The molecule has 126 valence electrons. The minimum absolute atomic E-state index is 0.0832. The van der Waals surface area contributed by atoms with Crippen LogP contribution in [0.5, 0.6) is 0 Å². The predicted molar refractivity (Wildman–Crippen MR) is 93.2 cm³/mol. The Bertz CT molecular complexity index is 882. The second-order valence-corrected chi connectivity index (χ2v) is 5.97. The summed E-state index contributed by atoms with van der Waals surface area (Å²) in [6.45, 7) is 7.00. The van der Waals surface area contributed by atoms with Crippen LogP contribution in [0.25, 0.3) is 0 Å². The fourth-order valence-corrected chi connectivity index (χ4v) is 2.63. The molecule has 0 aliphatic carbocycles. The van der Waals surface area contributed by atoms with Crippen molar-refractivity contribution in [2.45, 2.75) is 34.2 Å². The fraction of sp³-hybridized carbons (Fsp3) is 0.278. The number of nitrogens with two attached hydrogens (primary N) is 1. The van der Waals surface area contributed by atoms with Gasteiger partial charge >= 0.3 is 0 Å². The van der Waals surface area contributed by atoms with Crippen LogP contribution in [0, 0.1) is 27.7 Å². The van der Waals surface area contributed by atoms with Crippen LogP contribution >= 0.6 is 0 Å². The quantitative estimate of drug-likeness (QED) is 0.897. The van der Waals surface area contributed by atoms with Gasteiger partial charge in [0.2, 0.25) is 5.91 Å². The van der Waals surface area contributed by atoms with Gasteiger partial charge in [-0.15, -0.1) is 0 Å². The topological polar surface area (TPSA) is 94.2 Å². The van der Waals surface area contributed by atoms with Crippen LogP contribution in [0.2, 0.25) is 0 Å². The van der Waals surface area contributed by atoms with Crippen LogP contribution in [0.4, 0.5) is 5.69 Å². The second kappa shape index (κ2) is 6.70. The zero-order chi connectivity index (χ0) is 18.0. The molecule has 0 unspecified atom stereocenters. The van der Waals surface area contributed by atoms with Crippen molar-refractivity contribution in [2.24, 2.45) is 5.73 Å². The summed E-state index contributed by atoms with van der Waals surface area (Å²) in [5.74, 6) is -1.13.